The van der Waals surface area contributed by atoms with E-state index in [-0.39, 0.29) is 0 Å². The van der Waals surface area contributed by atoms with Gasteiger partial charge < -0.3 is 0 Å². The Labute approximate surface area is 117 Å². The Kier molecular flexibility index (Phi) is 4.79. The molecule has 0 aromatic heterocycles. The molecule has 104 valence electrons. The van der Waals surface area contributed by atoms with Crippen molar-refractivity contribution in [2.24, 2.45) is 5.92 Å². The Morgan fingerprint density at radius 1 is 1.00 bits per heavy atom. The summed E-state index contributed by atoms with van der Waals surface area (Å²) in [6, 6.07) is 4.50. The molecule has 0 aliphatic heterocycles. The number of benzene rings is 1. The number of aryl methyl sites for hydroxylation is 3. The number of hydrogen-bond acceptors (Lipinski definition) is 1. The van der Waals surface area contributed by atoms with Crippen LogP contribution < -0.4 is 0 Å². The summed E-state index contributed by atoms with van der Waals surface area (Å²) < 4.78 is 0. The van der Waals surface area contributed by atoms with E-state index in [0.717, 1.165) is 37.7 Å². The number of ketones is 1. The summed E-state index contributed by atoms with van der Waals surface area (Å²) >= 11 is 0. The van der Waals surface area contributed by atoms with Crippen LogP contribution in [-0.2, 0) is 19.3 Å². The van der Waals surface area contributed by atoms with Gasteiger partial charge in [0.2, 0.25) is 0 Å². The third-order valence-electron chi connectivity index (χ3n) is 4.50. The average Bonchev–Trinajstić information content (AvgIpc) is 2.99. The smallest absolute Gasteiger partial charge is 0.166 e. The molecule has 19 heavy (non-hydrogen) atoms. The van der Waals surface area contributed by atoms with Crippen LogP contribution in [0, 0.1) is 5.92 Å². The number of carbonyl (C=O) groups excluding carboxylic acids is 1. The fraction of sp³-hybridized carbons (Fsp3) is 0.611. The van der Waals surface area contributed by atoms with Gasteiger partial charge in [0.15, 0.2) is 5.78 Å². The van der Waals surface area contributed by atoms with Crippen LogP contribution in [0.4, 0.5) is 0 Å². The van der Waals surface area contributed by atoms with E-state index in [2.05, 4.69) is 32.9 Å². The molecule has 1 nitrogen and oxygen atoms in total. The Morgan fingerprint density at radius 2 is 1.53 bits per heavy atom. The quantitative estimate of drug-likeness (QED) is 0.697. The second kappa shape index (κ2) is 6.36. The van der Waals surface area contributed by atoms with Crippen molar-refractivity contribution in [2.45, 2.75) is 65.7 Å². The van der Waals surface area contributed by atoms with Crippen LogP contribution in [0.25, 0.3) is 0 Å². The maximum atomic E-state index is 12.8. The number of hydrogen-bond donors (Lipinski definition) is 0. The molecule has 0 saturated heterocycles. The second-order valence-corrected chi connectivity index (χ2v) is 5.70. The number of Topliss-reactive ketones (excluding diaryl/α,β-unsaturated/α-hetero) is 1. The van der Waals surface area contributed by atoms with Crippen LogP contribution in [0.5, 0.6) is 0 Å². The van der Waals surface area contributed by atoms with Gasteiger partial charge in [-0.1, -0.05) is 45.7 Å². The Bertz CT molecular complexity index is 428. The molecule has 0 radical (unpaired) electrons. The van der Waals surface area contributed by atoms with Crippen LogP contribution in [0.2, 0.25) is 0 Å². The standard InChI is InChI=1S/C18H26O/c1-4-13-11-14(5-2)17(15(6-3)12-13)18(19)16-9-7-8-10-16/h11-12,16H,4-10H2,1-3H3. The van der Waals surface area contributed by atoms with Crippen LogP contribution in [0.3, 0.4) is 0 Å². The lowest BCUT2D eigenvalue weighted by molar-refractivity contribution is 0.0921. The first kappa shape index (κ1) is 14.3. The van der Waals surface area contributed by atoms with Crippen molar-refractivity contribution in [3.63, 3.8) is 0 Å². The topological polar surface area (TPSA) is 17.1 Å². The molecule has 0 heterocycles. The summed E-state index contributed by atoms with van der Waals surface area (Å²) in [5.41, 5.74) is 4.98. The minimum absolute atomic E-state index is 0.295. The van der Waals surface area contributed by atoms with Crippen LogP contribution in [0.1, 0.15) is 73.5 Å². The highest BCUT2D eigenvalue weighted by atomic mass is 16.1. The predicted molar refractivity (Wildman–Crippen MR) is 80.9 cm³/mol. The molecule has 0 bridgehead atoms. The lowest BCUT2D eigenvalue weighted by Crippen LogP contribution is -2.16. The third kappa shape index (κ3) is 2.91. The van der Waals surface area contributed by atoms with Gasteiger partial charge in [-0.2, -0.15) is 0 Å². The van der Waals surface area contributed by atoms with Crippen molar-refractivity contribution in [3.8, 4) is 0 Å². The van der Waals surface area contributed by atoms with Gasteiger partial charge >= 0.3 is 0 Å². The summed E-state index contributed by atoms with van der Waals surface area (Å²) in [6.45, 7) is 6.52. The molecular weight excluding hydrogens is 232 g/mol. The summed E-state index contributed by atoms with van der Waals surface area (Å²) in [5.74, 6) is 0.719. The van der Waals surface area contributed by atoms with Gasteiger partial charge in [-0.15, -0.1) is 0 Å². The molecule has 1 aromatic carbocycles. The van der Waals surface area contributed by atoms with Crippen molar-refractivity contribution in [1.82, 2.24) is 0 Å². The van der Waals surface area contributed by atoms with Gasteiger partial charge in [0.05, 0.1) is 0 Å². The van der Waals surface area contributed by atoms with Crippen LogP contribution in [-0.4, -0.2) is 5.78 Å². The van der Waals surface area contributed by atoms with E-state index in [9.17, 15) is 4.79 Å². The zero-order valence-corrected chi connectivity index (χ0v) is 12.6. The molecular formula is C18H26O. The molecule has 1 aliphatic rings. The summed E-state index contributed by atoms with van der Waals surface area (Å²) in [5, 5.41) is 0. The van der Waals surface area contributed by atoms with E-state index in [0.29, 0.717) is 11.7 Å². The zero-order valence-electron chi connectivity index (χ0n) is 12.6. The Morgan fingerprint density at radius 3 is 1.95 bits per heavy atom. The fourth-order valence-corrected chi connectivity index (χ4v) is 3.31. The summed E-state index contributed by atoms with van der Waals surface area (Å²) in [6.07, 6.45) is 7.64. The van der Waals surface area contributed by atoms with Gasteiger partial charge in [0, 0.05) is 11.5 Å². The molecule has 1 aromatic rings. The highest BCUT2D eigenvalue weighted by Gasteiger charge is 2.27. The molecule has 2 rings (SSSR count). The van der Waals surface area contributed by atoms with Crippen LogP contribution >= 0.6 is 0 Å². The maximum Gasteiger partial charge on any atom is 0.166 e. The molecule has 1 saturated carbocycles. The van der Waals surface area contributed by atoms with E-state index < -0.39 is 0 Å². The van der Waals surface area contributed by atoms with Crippen molar-refractivity contribution in [2.75, 3.05) is 0 Å². The first-order valence-corrected chi connectivity index (χ1v) is 7.90. The number of carbonyl (C=O) groups is 1. The molecule has 0 amide bonds. The van der Waals surface area contributed by atoms with Gasteiger partial charge in [0.25, 0.3) is 0 Å². The predicted octanol–water partition coefficient (Wildman–Crippen LogP) is 4.75. The normalized spacial score (nSPS) is 15.9. The largest absolute Gasteiger partial charge is 0.294 e. The molecule has 0 spiro atoms. The van der Waals surface area contributed by atoms with Gasteiger partial charge in [-0.05, 0) is 48.8 Å². The van der Waals surface area contributed by atoms with E-state index in [1.54, 1.807) is 0 Å². The van der Waals surface area contributed by atoms with Crippen molar-refractivity contribution in [1.29, 1.82) is 0 Å². The van der Waals surface area contributed by atoms with Gasteiger partial charge in [0.1, 0.15) is 0 Å². The SMILES string of the molecule is CCc1cc(CC)c(C(=O)C2CCCC2)c(CC)c1. The van der Waals surface area contributed by atoms with E-state index in [1.165, 1.54) is 29.5 Å². The molecule has 1 fully saturated rings. The zero-order chi connectivity index (χ0) is 13.8. The van der Waals surface area contributed by atoms with Crippen molar-refractivity contribution < 1.29 is 4.79 Å². The van der Waals surface area contributed by atoms with E-state index in [4.69, 9.17) is 0 Å². The maximum absolute atomic E-state index is 12.8. The van der Waals surface area contributed by atoms with Gasteiger partial charge in [-0.3, -0.25) is 4.79 Å². The summed E-state index contributed by atoms with van der Waals surface area (Å²) in [4.78, 5) is 12.8. The Balaban J connectivity index is 2.44. The molecule has 0 unspecified atom stereocenters. The average molecular weight is 258 g/mol. The fourth-order valence-electron chi connectivity index (χ4n) is 3.31. The highest BCUT2D eigenvalue weighted by molar-refractivity contribution is 6.00. The van der Waals surface area contributed by atoms with Gasteiger partial charge in [-0.25, -0.2) is 0 Å². The Hall–Kier alpha value is -1.11. The number of rotatable bonds is 5. The molecule has 0 atom stereocenters. The first-order valence-electron chi connectivity index (χ1n) is 7.90. The lowest BCUT2D eigenvalue weighted by Gasteiger charge is -2.17. The molecule has 1 aliphatic carbocycles. The van der Waals surface area contributed by atoms with Crippen molar-refractivity contribution >= 4 is 5.78 Å². The van der Waals surface area contributed by atoms with Crippen LogP contribution in [0.15, 0.2) is 12.1 Å². The van der Waals surface area contributed by atoms with E-state index in [1.807, 2.05) is 0 Å². The monoisotopic (exact) mass is 258 g/mol. The van der Waals surface area contributed by atoms with E-state index >= 15 is 0 Å². The second-order valence-electron chi connectivity index (χ2n) is 5.70. The highest BCUT2D eigenvalue weighted by Crippen LogP contribution is 2.31. The minimum atomic E-state index is 0.295. The summed E-state index contributed by atoms with van der Waals surface area (Å²) in [7, 11) is 0. The third-order valence-corrected chi connectivity index (χ3v) is 4.50. The minimum Gasteiger partial charge on any atom is -0.294 e. The first-order chi connectivity index (χ1) is 9.21. The molecule has 0 N–H and O–H groups in total. The van der Waals surface area contributed by atoms with Crippen molar-refractivity contribution in [3.05, 3.63) is 34.4 Å². The molecule has 1 heteroatoms. The lowest BCUT2D eigenvalue weighted by atomic mass is 9.86.